The molecule has 0 saturated heterocycles. The highest BCUT2D eigenvalue weighted by atomic mass is 35.5. The van der Waals surface area contributed by atoms with Gasteiger partial charge in [0.2, 0.25) is 11.8 Å². The number of carbonyl (C=O) groups excluding carboxylic acids is 2. The molecule has 224 valence electrons. The van der Waals surface area contributed by atoms with E-state index in [1.54, 1.807) is 43.3 Å². The molecule has 2 amide bonds. The first-order chi connectivity index (χ1) is 19.8. The zero-order valence-corrected chi connectivity index (χ0v) is 25.7. The standard InChI is InChI=1S/C29H32Cl2N4O6S/c1-4-27(29(37)32-17-20(2)3)33(18-21-10-15-25(30)26(31)16-21)28(36)19-34(22-11-13-23(14-12-22)35(38)39)42(40,41)24-8-6-5-7-9-24/h5-16,20,27H,4,17-19H2,1-3H3,(H,32,37). The second-order valence-electron chi connectivity index (χ2n) is 9.93. The van der Waals surface area contributed by atoms with Crippen LogP contribution >= 0.6 is 23.2 Å². The van der Waals surface area contributed by atoms with Gasteiger partial charge >= 0.3 is 0 Å². The third kappa shape index (κ3) is 8.21. The lowest BCUT2D eigenvalue weighted by atomic mass is 10.1. The van der Waals surface area contributed by atoms with Crippen LogP contribution in [-0.2, 0) is 26.2 Å². The van der Waals surface area contributed by atoms with Crippen molar-refractivity contribution in [1.29, 1.82) is 0 Å². The number of hydrogen-bond donors (Lipinski definition) is 1. The minimum Gasteiger partial charge on any atom is -0.354 e. The fourth-order valence-electron chi connectivity index (χ4n) is 4.17. The average molecular weight is 636 g/mol. The Bertz CT molecular complexity index is 1520. The number of rotatable bonds is 13. The Hall–Kier alpha value is -3.67. The molecule has 0 aliphatic rings. The van der Waals surface area contributed by atoms with Gasteiger partial charge in [-0.15, -0.1) is 0 Å². The van der Waals surface area contributed by atoms with Crippen LogP contribution in [0, 0.1) is 16.0 Å². The van der Waals surface area contributed by atoms with E-state index < -0.39 is 33.4 Å². The zero-order valence-electron chi connectivity index (χ0n) is 23.4. The first kappa shape index (κ1) is 32.8. The molecule has 3 aromatic carbocycles. The smallest absolute Gasteiger partial charge is 0.269 e. The molecule has 1 atom stereocenters. The van der Waals surface area contributed by atoms with Gasteiger partial charge in [0.15, 0.2) is 0 Å². The number of sulfonamides is 1. The molecule has 0 fully saturated rings. The molecule has 3 rings (SSSR count). The van der Waals surface area contributed by atoms with Crippen LogP contribution in [0.2, 0.25) is 10.0 Å². The van der Waals surface area contributed by atoms with Crippen LogP contribution in [0.25, 0.3) is 0 Å². The number of nitro benzene ring substituents is 1. The maximum absolute atomic E-state index is 14.1. The molecule has 3 aromatic rings. The molecule has 13 heteroatoms. The first-order valence-electron chi connectivity index (χ1n) is 13.2. The van der Waals surface area contributed by atoms with Crippen LogP contribution in [0.3, 0.4) is 0 Å². The molecule has 0 heterocycles. The van der Waals surface area contributed by atoms with E-state index >= 15 is 0 Å². The molecule has 0 radical (unpaired) electrons. The molecule has 0 aromatic heterocycles. The van der Waals surface area contributed by atoms with Gasteiger partial charge in [-0.05, 0) is 54.3 Å². The normalized spacial score (nSPS) is 12.0. The van der Waals surface area contributed by atoms with Crippen LogP contribution in [0.5, 0.6) is 0 Å². The number of anilines is 1. The van der Waals surface area contributed by atoms with Gasteiger partial charge in [0, 0.05) is 25.2 Å². The molecule has 1 unspecified atom stereocenters. The predicted octanol–water partition coefficient (Wildman–Crippen LogP) is 5.68. The Labute approximate surface area is 255 Å². The van der Waals surface area contributed by atoms with Crippen molar-refractivity contribution in [1.82, 2.24) is 10.2 Å². The van der Waals surface area contributed by atoms with Crippen molar-refractivity contribution in [2.24, 2.45) is 5.92 Å². The van der Waals surface area contributed by atoms with Gasteiger partial charge in [-0.2, -0.15) is 0 Å². The molecule has 1 N–H and O–H groups in total. The number of non-ortho nitro benzene ring substituents is 1. The van der Waals surface area contributed by atoms with Crippen molar-refractivity contribution < 1.29 is 22.9 Å². The number of carbonyl (C=O) groups is 2. The van der Waals surface area contributed by atoms with Crippen molar-refractivity contribution in [3.63, 3.8) is 0 Å². The van der Waals surface area contributed by atoms with Crippen LogP contribution in [0.15, 0.2) is 77.7 Å². The highest BCUT2D eigenvalue weighted by molar-refractivity contribution is 7.92. The van der Waals surface area contributed by atoms with Gasteiger partial charge in [0.05, 0.1) is 25.6 Å². The molecule has 42 heavy (non-hydrogen) atoms. The van der Waals surface area contributed by atoms with Crippen molar-refractivity contribution in [3.8, 4) is 0 Å². The summed E-state index contributed by atoms with van der Waals surface area (Å²) in [4.78, 5) is 39.2. The topological polar surface area (TPSA) is 130 Å². The lowest BCUT2D eigenvalue weighted by Gasteiger charge is -2.33. The summed E-state index contributed by atoms with van der Waals surface area (Å²) in [6, 6.07) is 16.3. The zero-order chi connectivity index (χ0) is 31.0. The summed E-state index contributed by atoms with van der Waals surface area (Å²) in [5.74, 6) is -0.878. The lowest BCUT2D eigenvalue weighted by molar-refractivity contribution is -0.384. The first-order valence-corrected chi connectivity index (χ1v) is 15.4. The molecule has 0 saturated carbocycles. The second-order valence-corrected chi connectivity index (χ2v) is 12.6. The predicted molar refractivity (Wildman–Crippen MR) is 163 cm³/mol. The minimum absolute atomic E-state index is 0.0459. The number of benzene rings is 3. The summed E-state index contributed by atoms with van der Waals surface area (Å²) < 4.78 is 28.5. The summed E-state index contributed by atoms with van der Waals surface area (Å²) in [7, 11) is -4.30. The molecule has 0 aliphatic carbocycles. The number of amides is 2. The Kier molecular flexibility index (Phi) is 11.3. The van der Waals surface area contributed by atoms with Crippen molar-refractivity contribution >= 4 is 56.4 Å². The molecule has 0 aliphatic heterocycles. The second kappa shape index (κ2) is 14.5. The van der Waals surface area contributed by atoms with Gasteiger partial charge in [-0.3, -0.25) is 24.0 Å². The van der Waals surface area contributed by atoms with E-state index in [1.165, 1.54) is 29.2 Å². The van der Waals surface area contributed by atoms with Crippen LogP contribution < -0.4 is 9.62 Å². The van der Waals surface area contributed by atoms with Gasteiger partial charge in [0.25, 0.3) is 15.7 Å². The van der Waals surface area contributed by atoms with Crippen LogP contribution in [0.1, 0.15) is 32.8 Å². The maximum atomic E-state index is 14.1. The summed E-state index contributed by atoms with van der Waals surface area (Å²) in [6.07, 6.45) is 0.250. The Morgan fingerprint density at radius 1 is 0.976 bits per heavy atom. The lowest BCUT2D eigenvalue weighted by Crippen LogP contribution is -2.52. The number of nitro groups is 1. The van der Waals surface area contributed by atoms with E-state index in [0.717, 1.165) is 16.4 Å². The average Bonchev–Trinajstić information content (AvgIpc) is 2.96. The number of nitrogens with zero attached hydrogens (tertiary/aromatic N) is 3. The van der Waals surface area contributed by atoms with Gasteiger partial charge in [-0.1, -0.05) is 68.2 Å². The van der Waals surface area contributed by atoms with Crippen molar-refractivity contribution in [3.05, 3.63) is 98.5 Å². The van der Waals surface area contributed by atoms with Gasteiger partial charge in [-0.25, -0.2) is 8.42 Å². The third-order valence-corrected chi connectivity index (χ3v) is 8.89. The van der Waals surface area contributed by atoms with Gasteiger partial charge in [0.1, 0.15) is 12.6 Å². The van der Waals surface area contributed by atoms with E-state index in [4.69, 9.17) is 23.2 Å². The fraction of sp³-hybridized carbons (Fsp3) is 0.310. The largest absolute Gasteiger partial charge is 0.354 e. The Morgan fingerprint density at radius 3 is 2.17 bits per heavy atom. The fourth-order valence-corrected chi connectivity index (χ4v) is 5.92. The monoisotopic (exact) mass is 634 g/mol. The van der Waals surface area contributed by atoms with E-state index in [9.17, 15) is 28.1 Å². The number of hydrogen-bond acceptors (Lipinski definition) is 6. The number of halogens is 2. The quantitative estimate of drug-likeness (QED) is 0.190. The highest BCUT2D eigenvalue weighted by Gasteiger charge is 2.34. The van der Waals surface area contributed by atoms with Crippen LogP contribution in [0.4, 0.5) is 11.4 Å². The Morgan fingerprint density at radius 2 is 1.62 bits per heavy atom. The summed E-state index contributed by atoms with van der Waals surface area (Å²) in [6.45, 7) is 5.30. The van der Waals surface area contributed by atoms with E-state index in [1.807, 2.05) is 13.8 Å². The maximum Gasteiger partial charge on any atom is 0.269 e. The van der Waals surface area contributed by atoms with E-state index in [-0.39, 0.29) is 46.1 Å². The molecule has 10 nitrogen and oxygen atoms in total. The third-order valence-electron chi connectivity index (χ3n) is 6.37. The van der Waals surface area contributed by atoms with Crippen molar-refractivity contribution in [2.45, 2.75) is 44.7 Å². The van der Waals surface area contributed by atoms with E-state index in [0.29, 0.717) is 17.1 Å². The summed E-state index contributed by atoms with van der Waals surface area (Å²) >= 11 is 12.3. The molecule has 0 spiro atoms. The van der Waals surface area contributed by atoms with E-state index in [2.05, 4.69) is 5.32 Å². The molecular weight excluding hydrogens is 603 g/mol. The summed E-state index contributed by atoms with van der Waals surface area (Å²) in [5.41, 5.74) is 0.390. The van der Waals surface area contributed by atoms with Crippen molar-refractivity contribution in [2.75, 3.05) is 17.4 Å². The van der Waals surface area contributed by atoms with Crippen LogP contribution in [-0.4, -0.2) is 49.2 Å². The molecular formula is C29H32Cl2N4O6S. The highest BCUT2D eigenvalue weighted by Crippen LogP contribution is 2.28. The summed E-state index contributed by atoms with van der Waals surface area (Å²) in [5, 5.41) is 14.6. The molecule has 0 bridgehead atoms. The SMILES string of the molecule is CCC(C(=O)NCC(C)C)N(Cc1ccc(Cl)c(Cl)c1)C(=O)CN(c1ccc([N+](=O)[O-])cc1)S(=O)(=O)c1ccccc1. The minimum atomic E-state index is -4.30. The number of nitrogens with one attached hydrogen (secondary N) is 1. The Balaban J connectivity index is 2.07. The van der Waals surface area contributed by atoms with Gasteiger partial charge < -0.3 is 10.2 Å².